The molecule has 4 rings (SSSR count). The average molecular weight is 570 g/mol. The van der Waals surface area contributed by atoms with E-state index in [1.807, 2.05) is 28.0 Å². The quantitative estimate of drug-likeness (QED) is 0.349. The molecule has 1 aromatic carbocycles. The van der Waals surface area contributed by atoms with Gasteiger partial charge >= 0.3 is 5.97 Å². The number of carboxylic acids is 1. The Morgan fingerprint density at radius 3 is 2.54 bits per heavy atom. The minimum absolute atomic E-state index is 0.0252. The van der Waals surface area contributed by atoms with Gasteiger partial charge in [-0.2, -0.15) is 0 Å². The van der Waals surface area contributed by atoms with E-state index in [0.29, 0.717) is 44.1 Å². The summed E-state index contributed by atoms with van der Waals surface area (Å²) in [5.41, 5.74) is 0.722. The number of quaternary nitrogens is 1. The molecule has 0 aliphatic carbocycles. The van der Waals surface area contributed by atoms with Crippen molar-refractivity contribution >= 4 is 11.9 Å². The zero-order chi connectivity index (χ0) is 29.6. The molecule has 1 saturated heterocycles. The SMILES string of the molecule is CCCCN(CCC[N+](C)(C)C)C(=O)CN1C[C@H](c2ccc3c(c2)OCO3)C(C(=O)O)[C@@H]1CCn1ccccc1=O. The van der Waals surface area contributed by atoms with Crippen LogP contribution >= 0.6 is 0 Å². The molecule has 0 bridgehead atoms. The Morgan fingerprint density at radius 2 is 1.83 bits per heavy atom. The van der Waals surface area contributed by atoms with Crippen LogP contribution in [0.4, 0.5) is 0 Å². The minimum atomic E-state index is -0.904. The highest BCUT2D eigenvalue weighted by molar-refractivity contribution is 5.79. The van der Waals surface area contributed by atoms with Crippen molar-refractivity contribution in [2.45, 2.75) is 51.1 Å². The summed E-state index contributed by atoms with van der Waals surface area (Å²) < 4.78 is 13.5. The number of benzene rings is 1. The predicted octanol–water partition coefficient (Wildman–Crippen LogP) is 2.86. The van der Waals surface area contributed by atoms with E-state index >= 15 is 0 Å². The van der Waals surface area contributed by atoms with E-state index in [9.17, 15) is 19.5 Å². The molecule has 3 atom stereocenters. The van der Waals surface area contributed by atoms with E-state index in [-0.39, 0.29) is 30.7 Å². The molecular weight excluding hydrogens is 524 g/mol. The van der Waals surface area contributed by atoms with Gasteiger partial charge in [-0.15, -0.1) is 0 Å². The van der Waals surface area contributed by atoms with Crippen LogP contribution in [0.25, 0.3) is 0 Å². The van der Waals surface area contributed by atoms with Crippen LogP contribution in [0.2, 0.25) is 0 Å². The second-order valence-corrected chi connectivity index (χ2v) is 12.2. The monoisotopic (exact) mass is 569 g/mol. The molecule has 2 aliphatic rings. The summed E-state index contributed by atoms with van der Waals surface area (Å²) in [6, 6.07) is 10.2. The number of unbranched alkanes of at least 4 members (excludes halogenated alkanes) is 1. The van der Waals surface area contributed by atoms with Crippen LogP contribution in [0.15, 0.2) is 47.4 Å². The van der Waals surface area contributed by atoms with Gasteiger partial charge < -0.3 is 28.5 Å². The van der Waals surface area contributed by atoms with Crippen molar-refractivity contribution in [2.24, 2.45) is 5.92 Å². The van der Waals surface area contributed by atoms with Crippen LogP contribution in [0, 0.1) is 5.92 Å². The van der Waals surface area contributed by atoms with Gasteiger partial charge in [-0.1, -0.05) is 25.5 Å². The van der Waals surface area contributed by atoms with Crippen molar-refractivity contribution in [3.8, 4) is 11.5 Å². The van der Waals surface area contributed by atoms with Gasteiger partial charge in [0.25, 0.3) is 0 Å². The summed E-state index contributed by atoms with van der Waals surface area (Å²) >= 11 is 0. The molecule has 1 N–H and O–H groups in total. The van der Waals surface area contributed by atoms with Gasteiger partial charge in [-0.05, 0) is 36.6 Å². The molecule has 10 heteroatoms. The number of likely N-dealkylation sites (tertiary alicyclic amines) is 1. The Balaban J connectivity index is 1.58. The number of rotatable bonds is 14. The van der Waals surface area contributed by atoms with Gasteiger partial charge in [0, 0.05) is 56.8 Å². The van der Waals surface area contributed by atoms with Gasteiger partial charge in [0.1, 0.15) is 0 Å². The van der Waals surface area contributed by atoms with Gasteiger partial charge in [-0.3, -0.25) is 19.3 Å². The average Bonchev–Trinajstić information content (AvgIpc) is 3.53. The second-order valence-electron chi connectivity index (χ2n) is 12.2. The number of carbonyl (C=O) groups is 2. The lowest BCUT2D eigenvalue weighted by molar-refractivity contribution is -0.870. The van der Waals surface area contributed by atoms with Gasteiger partial charge in [-0.25, -0.2) is 0 Å². The lowest BCUT2D eigenvalue weighted by Gasteiger charge is -2.31. The maximum atomic E-state index is 13.7. The summed E-state index contributed by atoms with van der Waals surface area (Å²) in [4.78, 5) is 42.9. The molecule has 1 fully saturated rings. The highest BCUT2D eigenvalue weighted by atomic mass is 16.7. The fourth-order valence-corrected chi connectivity index (χ4v) is 5.97. The molecule has 224 valence electrons. The lowest BCUT2D eigenvalue weighted by Crippen LogP contribution is -2.46. The molecule has 1 unspecified atom stereocenters. The van der Waals surface area contributed by atoms with Crippen LogP contribution in [0.3, 0.4) is 0 Å². The Kier molecular flexibility index (Phi) is 10.1. The number of ether oxygens (including phenoxy) is 2. The van der Waals surface area contributed by atoms with Crippen molar-refractivity contribution < 1.29 is 28.7 Å². The highest BCUT2D eigenvalue weighted by Gasteiger charge is 2.47. The number of hydrogen-bond acceptors (Lipinski definition) is 6. The molecule has 0 radical (unpaired) electrons. The standard InChI is InChI=1S/C31H44N4O6/c1-5-6-14-32(16-9-18-35(2,3)4)29(37)21-34-20-24(23-11-12-26-27(19-23)41-22-40-26)30(31(38)39)25(34)13-17-33-15-8-7-10-28(33)36/h7-8,10-12,15,19,24-25,30H,5-6,9,13-14,16-18,20-22H2,1-4H3/p+1/t24-,25+,30?/m1/s1. The molecule has 41 heavy (non-hydrogen) atoms. The van der Waals surface area contributed by atoms with Crippen LogP contribution < -0.4 is 15.0 Å². The van der Waals surface area contributed by atoms with Gasteiger partial charge in [0.15, 0.2) is 11.5 Å². The largest absolute Gasteiger partial charge is 0.481 e. The highest BCUT2D eigenvalue weighted by Crippen LogP contribution is 2.42. The first-order valence-corrected chi connectivity index (χ1v) is 14.7. The van der Waals surface area contributed by atoms with Crippen molar-refractivity contribution in [1.29, 1.82) is 0 Å². The number of nitrogens with zero attached hydrogens (tertiary/aromatic N) is 4. The lowest BCUT2D eigenvalue weighted by atomic mass is 9.84. The first kappa shape index (κ1) is 30.6. The fraction of sp³-hybridized carbons (Fsp3) is 0.581. The minimum Gasteiger partial charge on any atom is -0.481 e. The zero-order valence-electron chi connectivity index (χ0n) is 24.8. The molecule has 0 saturated carbocycles. The van der Waals surface area contributed by atoms with E-state index in [1.54, 1.807) is 22.9 Å². The summed E-state index contributed by atoms with van der Waals surface area (Å²) in [7, 11) is 6.44. The van der Waals surface area contributed by atoms with Crippen LogP contribution in [0.1, 0.15) is 44.1 Å². The number of aromatic nitrogens is 1. The summed E-state index contributed by atoms with van der Waals surface area (Å²) in [5.74, 6) is -0.710. The van der Waals surface area contributed by atoms with E-state index < -0.39 is 17.9 Å². The smallest absolute Gasteiger partial charge is 0.308 e. The van der Waals surface area contributed by atoms with Crippen molar-refractivity contribution in [3.05, 3.63) is 58.5 Å². The predicted molar refractivity (Wildman–Crippen MR) is 156 cm³/mol. The number of hydrogen-bond donors (Lipinski definition) is 1. The Hall–Kier alpha value is -3.37. The maximum absolute atomic E-state index is 13.7. The molecule has 0 spiro atoms. The molecule has 1 aromatic heterocycles. The van der Waals surface area contributed by atoms with Crippen molar-refractivity contribution in [2.75, 3.05) is 60.7 Å². The topological polar surface area (TPSA) is 101 Å². The molecule has 2 aliphatic heterocycles. The third-order valence-electron chi connectivity index (χ3n) is 8.15. The maximum Gasteiger partial charge on any atom is 0.308 e. The molecule has 10 nitrogen and oxygen atoms in total. The van der Waals surface area contributed by atoms with Crippen LogP contribution in [-0.2, 0) is 16.1 Å². The number of carbonyl (C=O) groups excluding carboxylic acids is 1. The fourth-order valence-electron chi connectivity index (χ4n) is 5.97. The first-order valence-electron chi connectivity index (χ1n) is 14.7. The molecular formula is C31H45N4O6+. The van der Waals surface area contributed by atoms with Crippen LogP contribution in [-0.4, -0.2) is 103 Å². The van der Waals surface area contributed by atoms with E-state index in [1.165, 1.54) is 6.07 Å². The number of aliphatic carboxylic acids is 1. The number of amides is 1. The van der Waals surface area contributed by atoms with E-state index in [2.05, 4.69) is 28.1 Å². The van der Waals surface area contributed by atoms with Crippen molar-refractivity contribution in [3.63, 3.8) is 0 Å². The van der Waals surface area contributed by atoms with E-state index in [0.717, 1.165) is 35.9 Å². The second kappa shape index (κ2) is 13.5. The Morgan fingerprint density at radius 1 is 1.07 bits per heavy atom. The zero-order valence-corrected chi connectivity index (χ0v) is 24.8. The summed E-state index contributed by atoms with van der Waals surface area (Å²) in [5, 5.41) is 10.5. The molecule has 1 amide bonds. The van der Waals surface area contributed by atoms with E-state index in [4.69, 9.17) is 9.47 Å². The van der Waals surface area contributed by atoms with Crippen LogP contribution in [0.5, 0.6) is 11.5 Å². The third-order valence-corrected chi connectivity index (χ3v) is 8.15. The summed E-state index contributed by atoms with van der Waals surface area (Å²) in [6.07, 6.45) is 4.97. The van der Waals surface area contributed by atoms with Gasteiger partial charge in [0.05, 0.1) is 40.2 Å². The molecule has 2 aromatic rings. The van der Waals surface area contributed by atoms with Crippen molar-refractivity contribution in [1.82, 2.24) is 14.4 Å². The number of carboxylic acid groups (broad SMARTS) is 1. The normalized spacial score (nSPS) is 20.3. The number of aryl methyl sites for hydroxylation is 1. The first-order chi connectivity index (χ1) is 19.6. The number of fused-ring (bicyclic) bond motifs is 1. The Bertz CT molecular complexity index is 1260. The number of pyridine rings is 1. The van der Waals surface area contributed by atoms with Gasteiger partial charge in [0.2, 0.25) is 18.3 Å². The Labute approximate surface area is 242 Å². The molecule has 3 heterocycles. The third kappa shape index (κ3) is 7.89. The summed E-state index contributed by atoms with van der Waals surface area (Å²) in [6.45, 7) is 5.53.